The van der Waals surface area contributed by atoms with Gasteiger partial charge < -0.3 is 19.2 Å². The summed E-state index contributed by atoms with van der Waals surface area (Å²) < 4.78 is 23.9. The van der Waals surface area contributed by atoms with Crippen molar-refractivity contribution in [2.75, 3.05) is 13.2 Å². The van der Waals surface area contributed by atoms with Crippen molar-refractivity contribution in [2.24, 2.45) is 0 Å². The van der Waals surface area contributed by atoms with Gasteiger partial charge in [0, 0.05) is 6.54 Å². The van der Waals surface area contributed by atoms with Gasteiger partial charge in [-0.3, -0.25) is 4.79 Å². The smallest absolute Gasteiger partial charge is 0.276 e. The highest BCUT2D eigenvalue weighted by molar-refractivity contribution is 5.92. The van der Waals surface area contributed by atoms with Gasteiger partial charge in [0.05, 0.1) is 12.6 Å². The number of carbonyl (C=O) groups excluding carboxylic acids is 1. The molecular formula is C16H17FN2O4. The summed E-state index contributed by atoms with van der Waals surface area (Å²) in [6.45, 7) is 0.461. The van der Waals surface area contributed by atoms with Gasteiger partial charge in [-0.05, 0) is 25.0 Å². The number of aromatic nitrogens is 1. The first-order valence-corrected chi connectivity index (χ1v) is 7.42. The minimum atomic E-state index is -0.474. The van der Waals surface area contributed by atoms with Gasteiger partial charge in [-0.1, -0.05) is 12.1 Å². The van der Waals surface area contributed by atoms with Gasteiger partial charge in [-0.25, -0.2) is 9.37 Å². The lowest BCUT2D eigenvalue weighted by Gasteiger charge is -2.21. The fraction of sp³-hybridized carbons (Fsp3) is 0.375. The van der Waals surface area contributed by atoms with E-state index in [1.807, 2.05) is 0 Å². The number of hydrogen-bond donors (Lipinski definition) is 1. The van der Waals surface area contributed by atoms with Gasteiger partial charge >= 0.3 is 0 Å². The molecule has 1 saturated heterocycles. The lowest BCUT2D eigenvalue weighted by molar-refractivity contribution is 0.0671. The number of halogens is 1. The second kappa shape index (κ2) is 6.78. The molecule has 1 N–H and O–H groups in total. The van der Waals surface area contributed by atoms with Crippen LogP contribution in [-0.2, 0) is 6.61 Å². The molecule has 1 fully saturated rings. The number of hydrogen-bond acceptors (Lipinski definition) is 5. The molecular weight excluding hydrogens is 303 g/mol. The van der Waals surface area contributed by atoms with E-state index in [0.717, 1.165) is 12.8 Å². The predicted molar refractivity (Wildman–Crippen MR) is 78.4 cm³/mol. The average molecular weight is 320 g/mol. The van der Waals surface area contributed by atoms with E-state index in [1.54, 1.807) is 17.0 Å². The highest BCUT2D eigenvalue weighted by atomic mass is 19.1. The Balaban J connectivity index is 1.64. The number of para-hydroxylation sites is 1. The second-order valence-electron chi connectivity index (χ2n) is 5.32. The van der Waals surface area contributed by atoms with Crippen molar-refractivity contribution in [3.8, 4) is 5.75 Å². The number of aliphatic hydroxyl groups is 1. The normalized spacial score (nSPS) is 17.5. The summed E-state index contributed by atoms with van der Waals surface area (Å²) in [7, 11) is 0. The molecule has 6 nitrogen and oxygen atoms in total. The molecule has 7 heteroatoms. The van der Waals surface area contributed by atoms with Crippen LogP contribution in [0.2, 0.25) is 0 Å². The van der Waals surface area contributed by atoms with Crippen LogP contribution >= 0.6 is 0 Å². The molecule has 1 atom stereocenters. The van der Waals surface area contributed by atoms with Crippen molar-refractivity contribution < 1.29 is 23.4 Å². The molecule has 23 heavy (non-hydrogen) atoms. The summed E-state index contributed by atoms with van der Waals surface area (Å²) in [4.78, 5) is 18.0. The predicted octanol–water partition coefficient (Wildman–Crippen LogP) is 1.99. The second-order valence-corrected chi connectivity index (χ2v) is 5.32. The largest absolute Gasteiger partial charge is 0.481 e. The average Bonchev–Trinajstić information content (AvgIpc) is 3.22. The van der Waals surface area contributed by atoms with Crippen LogP contribution in [0.4, 0.5) is 4.39 Å². The molecule has 1 aromatic heterocycles. The van der Waals surface area contributed by atoms with Gasteiger partial charge in [-0.15, -0.1) is 0 Å². The Morgan fingerprint density at radius 1 is 1.48 bits per heavy atom. The maximum absolute atomic E-state index is 13.5. The van der Waals surface area contributed by atoms with E-state index < -0.39 is 5.82 Å². The zero-order valence-corrected chi connectivity index (χ0v) is 12.4. The summed E-state index contributed by atoms with van der Waals surface area (Å²) in [6.07, 6.45) is 2.90. The zero-order valence-electron chi connectivity index (χ0n) is 12.4. The van der Waals surface area contributed by atoms with E-state index in [-0.39, 0.29) is 42.5 Å². The van der Waals surface area contributed by atoms with Crippen molar-refractivity contribution in [3.05, 3.63) is 47.9 Å². The molecule has 1 aromatic carbocycles. The van der Waals surface area contributed by atoms with Crippen LogP contribution in [0.5, 0.6) is 5.75 Å². The molecule has 2 heterocycles. The molecule has 0 unspecified atom stereocenters. The molecule has 122 valence electrons. The molecule has 0 radical (unpaired) electrons. The SMILES string of the molecule is O=C(c1coc(COc2ccccc2F)n1)N1CCC[C@H]1CO. The highest BCUT2D eigenvalue weighted by Crippen LogP contribution is 2.20. The third-order valence-electron chi connectivity index (χ3n) is 3.81. The van der Waals surface area contributed by atoms with Crippen LogP contribution in [0.1, 0.15) is 29.2 Å². The summed E-state index contributed by atoms with van der Waals surface area (Å²) in [5, 5.41) is 9.28. The summed E-state index contributed by atoms with van der Waals surface area (Å²) >= 11 is 0. The minimum Gasteiger partial charge on any atom is -0.481 e. The number of aliphatic hydroxyl groups excluding tert-OH is 1. The molecule has 1 aliphatic heterocycles. The van der Waals surface area contributed by atoms with E-state index in [1.165, 1.54) is 18.4 Å². The molecule has 0 bridgehead atoms. The third-order valence-corrected chi connectivity index (χ3v) is 3.81. The molecule has 0 aliphatic carbocycles. The molecule has 2 aromatic rings. The fourth-order valence-corrected chi connectivity index (χ4v) is 2.62. The minimum absolute atomic E-state index is 0.0627. The van der Waals surface area contributed by atoms with Crippen molar-refractivity contribution in [2.45, 2.75) is 25.5 Å². The van der Waals surface area contributed by atoms with Crippen molar-refractivity contribution in [1.29, 1.82) is 0 Å². The standard InChI is InChI=1S/C16H17FN2O4/c17-12-5-1-2-6-14(12)22-10-15-18-13(9-23-15)16(21)19-7-3-4-11(19)8-20/h1-2,5-6,9,11,20H,3-4,7-8,10H2/t11-/m0/s1. The Hall–Kier alpha value is -2.41. The van der Waals surface area contributed by atoms with Crippen LogP contribution < -0.4 is 4.74 Å². The van der Waals surface area contributed by atoms with Crippen LogP contribution in [-0.4, -0.2) is 40.1 Å². The zero-order chi connectivity index (χ0) is 16.2. The van der Waals surface area contributed by atoms with Crippen molar-refractivity contribution in [1.82, 2.24) is 9.88 Å². The third kappa shape index (κ3) is 3.34. The molecule has 0 saturated carbocycles. The first-order chi connectivity index (χ1) is 11.2. The van der Waals surface area contributed by atoms with Gasteiger partial charge in [0.1, 0.15) is 6.26 Å². The quantitative estimate of drug-likeness (QED) is 0.912. The lowest BCUT2D eigenvalue weighted by atomic mass is 10.2. The van der Waals surface area contributed by atoms with Crippen LogP contribution in [0.15, 0.2) is 34.9 Å². The Morgan fingerprint density at radius 3 is 3.09 bits per heavy atom. The number of benzene rings is 1. The van der Waals surface area contributed by atoms with E-state index in [0.29, 0.717) is 6.54 Å². The van der Waals surface area contributed by atoms with Crippen LogP contribution in [0, 0.1) is 5.82 Å². The van der Waals surface area contributed by atoms with Gasteiger partial charge in [0.25, 0.3) is 5.91 Å². The summed E-state index contributed by atoms with van der Waals surface area (Å²) in [5.41, 5.74) is 0.164. The van der Waals surface area contributed by atoms with Gasteiger partial charge in [0.2, 0.25) is 5.89 Å². The number of amides is 1. The van der Waals surface area contributed by atoms with Gasteiger partial charge in [0.15, 0.2) is 23.9 Å². The van der Waals surface area contributed by atoms with Crippen LogP contribution in [0.25, 0.3) is 0 Å². The number of nitrogens with zero attached hydrogens (tertiary/aromatic N) is 2. The topological polar surface area (TPSA) is 75.8 Å². The summed E-state index contributed by atoms with van der Waals surface area (Å²) in [5.74, 6) is -0.463. The van der Waals surface area contributed by atoms with E-state index in [2.05, 4.69) is 4.98 Å². The van der Waals surface area contributed by atoms with Crippen molar-refractivity contribution in [3.63, 3.8) is 0 Å². The van der Waals surface area contributed by atoms with E-state index in [4.69, 9.17) is 9.15 Å². The number of ether oxygens (including phenoxy) is 1. The molecule has 3 rings (SSSR count). The highest BCUT2D eigenvalue weighted by Gasteiger charge is 2.30. The Bertz CT molecular complexity index is 688. The number of rotatable bonds is 5. The van der Waals surface area contributed by atoms with Crippen LogP contribution in [0.3, 0.4) is 0 Å². The number of carbonyl (C=O) groups is 1. The Morgan fingerprint density at radius 2 is 2.30 bits per heavy atom. The van der Waals surface area contributed by atoms with E-state index >= 15 is 0 Å². The Kier molecular flexibility index (Phi) is 4.57. The Labute approximate surface area is 132 Å². The number of likely N-dealkylation sites (tertiary alicyclic amines) is 1. The maximum atomic E-state index is 13.5. The number of oxazole rings is 1. The first-order valence-electron chi connectivity index (χ1n) is 7.42. The first kappa shape index (κ1) is 15.5. The van der Waals surface area contributed by atoms with Crippen molar-refractivity contribution >= 4 is 5.91 Å². The lowest BCUT2D eigenvalue weighted by Crippen LogP contribution is -2.37. The summed E-state index contributed by atoms with van der Waals surface area (Å²) in [6, 6.07) is 5.85. The van der Waals surface area contributed by atoms with E-state index in [9.17, 15) is 14.3 Å². The van der Waals surface area contributed by atoms with Gasteiger partial charge in [-0.2, -0.15) is 0 Å². The fourth-order valence-electron chi connectivity index (χ4n) is 2.62. The molecule has 1 aliphatic rings. The maximum Gasteiger partial charge on any atom is 0.276 e. The monoisotopic (exact) mass is 320 g/mol. The molecule has 1 amide bonds. The molecule has 0 spiro atoms.